The van der Waals surface area contributed by atoms with Gasteiger partial charge in [-0.05, 0) is 5.92 Å². The molecule has 0 bridgehead atoms. The fourth-order valence-electron chi connectivity index (χ4n) is 2.57. The van der Waals surface area contributed by atoms with Crippen molar-refractivity contribution in [2.45, 2.75) is 70.9 Å². The highest BCUT2D eigenvalue weighted by Gasteiger charge is 2.16. The molecule has 0 aromatic heterocycles. The molecule has 0 amide bonds. The van der Waals surface area contributed by atoms with Crippen LogP contribution >= 0.6 is 22.4 Å². The van der Waals surface area contributed by atoms with Gasteiger partial charge in [0.05, 0.1) is 0 Å². The van der Waals surface area contributed by atoms with Crippen molar-refractivity contribution in [1.82, 2.24) is 0 Å². The molecule has 1 aliphatic rings. The predicted molar refractivity (Wildman–Crippen MR) is 80.5 cm³/mol. The molecule has 1 aliphatic carbocycles. The first-order chi connectivity index (χ1) is 7.72. The molecule has 0 aromatic carbocycles. The van der Waals surface area contributed by atoms with Crippen LogP contribution in [0.5, 0.6) is 0 Å². The molecular weight excluding hydrogens is 310 g/mol. The van der Waals surface area contributed by atoms with Crippen molar-refractivity contribution in [2.75, 3.05) is 0 Å². The van der Waals surface area contributed by atoms with Crippen molar-refractivity contribution in [1.29, 1.82) is 0 Å². The van der Waals surface area contributed by atoms with E-state index in [1.165, 1.54) is 44.8 Å². The summed E-state index contributed by atoms with van der Waals surface area (Å²) in [6.07, 6.45) is 12.6. The van der Waals surface area contributed by atoms with Crippen molar-refractivity contribution < 1.29 is 4.79 Å². The minimum absolute atomic E-state index is 0.428. The van der Waals surface area contributed by atoms with Crippen LogP contribution in [0.25, 0.3) is 0 Å². The molecule has 1 nitrogen and oxygen atoms in total. The number of carbonyl (C=O) groups excluding carboxylic acids is 1. The van der Waals surface area contributed by atoms with Gasteiger partial charge >= 0.3 is 0 Å². The Kier molecular flexibility index (Phi) is 7.75. The van der Waals surface area contributed by atoms with Crippen LogP contribution in [0.4, 0.5) is 0 Å². The van der Waals surface area contributed by atoms with Crippen molar-refractivity contribution in [3.63, 3.8) is 0 Å². The maximum absolute atomic E-state index is 11.2. The lowest BCUT2D eigenvalue weighted by Crippen LogP contribution is -2.06. The van der Waals surface area contributed by atoms with Gasteiger partial charge in [-0.3, -0.25) is 4.79 Å². The van der Waals surface area contributed by atoms with E-state index in [-0.39, 0.29) is 0 Å². The largest absolute Gasteiger partial charge is 0.300 e. The highest BCUT2D eigenvalue weighted by atomic mass is 127. The summed E-state index contributed by atoms with van der Waals surface area (Å²) in [5.41, 5.74) is 0. The molecule has 1 fully saturated rings. The zero-order chi connectivity index (χ0) is 11.8. The molecule has 0 spiro atoms. The zero-order valence-corrected chi connectivity index (χ0v) is 12.7. The predicted octanol–water partition coefficient (Wildman–Crippen LogP) is 4.75. The number of hydrogen-bond donors (Lipinski definition) is 0. The first-order valence-electron chi connectivity index (χ1n) is 6.88. The number of Topliss-reactive ketones (excluding diaryl/α,β-unsaturated/α-hetero) is 1. The van der Waals surface area contributed by atoms with Crippen molar-refractivity contribution in [2.24, 2.45) is 5.92 Å². The summed E-state index contributed by atoms with van der Waals surface area (Å²) in [5, 5.41) is 0. The van der Waals surface area contributed by atoms with E-state index in [4.69, 9.17) is 0 Å². The summed E-state index contributed by atoms with van der Waals surface area (Å²) in [4.78, 5) is 11.2. The van der Waals surface area contributed by atoms with Crippen LogP contribution in [0.2, 0.25) is 12.6 Å². The van der Waals surface area contributed by atoms with Crippen LogP contribution < -0.4 is 0 Å². The molecule has 0 aliphatic heterocycles. The fourth-order valence-corrected chi connectivity index (χ4v) is 3.32. The lowest BCUT2D eigenvalue weighted by molar-refractivity contribution is -0.118. The Balaban J connectivity index is 1.96. The van der Waals surface area contributed by atoms with Gasteiger partial charge in [-0.2, -0.15) is 0 Å². The summed E-state index contributed by atoms with van der Waals surface area (Å²) < 4.78 is 0.717. The molecular formula is C13H24BIO. The highest BCUT2D eigenvalue weighted by Crippen LogP contribution is 2.29. The normalized spacial score (nSPS) is 16.6. The second kappa shape index (κ2) is 8.54. The Bertz CT molecular complexity index is 202. The van der Waals surface area contributed by atoms with Gasteiger partial charge in [0, 0.05) is 12.8 Å². The number of halogens is 1. The number of ketones is 1. The quantitative estimate of drug-likeness (QED) is 0.462. The lowest BCUT2D eigenvalue weighted by atomic mass is 9.67. The molecule has 92 valence electrons. The van der Waals surface area contributed by atoms with Crippen molar-refractivity contribution >= 4 is 32.7 Å². The van der Waals surface area contributed by atoms with E-state index >= 15 is 0 Å². The van der Waals surface area contributed by atoms with Gasteiger partial charge in [0.15, 0.2) is 0 Å². The summed E-state index contributed by atoms with van der Waals surface area (Å²) in [7, 11) is 0. The average Bonchev–Trinajstić information content (AvgIpc) is 2.79. The van der Waals surface area contributed by atoms with Crippen LogP contribution in [0.1, 0.15) is 58.3 Å². The number of carbonyl (C=O) groups is 1. The minimum Gasteiger partial charge on any atom is -0.300 e. The third-order valence-corrected chi connectivity index (χ3v) is 4.98. The first-order valence-corrected chi connectivity index (χ1v) is 8.12. The van der Waals surface area contributed by atoms with E-state index in [2.05, 4.69) is 22.4 Å². The summed E-state index contributed by atoms with van der Waals surface area (Å²) >= 11 is 2.53. The van der Waals surface area contributed by atoms with E-state index in [0.29, 0.717) is 12.2 Å². The lowest BCUT2D eigenvalue weighted by Gasteiger charge is -2.09. The maximum atomic E-state index is 11.2. The van der Waals surface area contributed by atoms with Crippen molar-refractivity contribution in [3.05, 3.63) is 0 Å². The Morgan fingerprint density at radius 2 is 2.00 bits per heavy atom. The summed E-state index contributed by atoms with van der Waals surface area (Å²) in [6, 6.07) is 0. The van der Waals surface area contributed by atoms with Gasteiger partial charge in [-0.15, -0.1) is 22.4 Å². The molecule has 0 unspecified atom stereocenters. The Morgan fingerprint density at radius 3 is 2.62 bits per heavy atom. The second-order valence-electron chi connectivity index (χ2n) is 5.11. The van der Waals surface area contributed by atoms with E-state index in [1.807, 2.05) is 6.92 Å². The number of rotatable bonds is 8. The Morgan fingerprint density at radius 1 is 1.31 bits per heavy atom. The summed E-state index contributed by atoms with van der Waals surface area (Å²) in [6.45, 7) is 1.96. The van der Waals surface area contributed by atoms with Gasteiger partial charge in [-0.1, -0.05) is 58.1 Å². The van der Waals surface area contributed by atoms with Gasteiger partial charge < -0.3 is 0 Å². The van der Waals surface area contributed by atoms with Crippen LogP contribution in [-0.2, 0) is 4.79 Å². The summed E-state index contributed by atoms with van der Waals surface area (Å²) in [5.74, 6) is 1.46. The van der Waals surface area contributed by atoms with E-state index in [9.17, 15) is 4.79 Å². The SMILES string of the molecule is CCC(=O)CCB(I)CCCC1CCCC1. The smallest absolute Gasteiger partial charge is 0.218 e. The van der Waals surface area contributed by atoms with Crippen LogP contribution in [0.15, 0.2) is 0 Å². The highest BCUT2D eigenvalue weighted by molar-refractivity contribution is 14.1. The molecule has 0 N–H and O–H groups in total. The molecule has 16 heavy (non-hydrogen) atoms. The number of hydrogen-bond acceptors (Lipinski definition) is 1. The zero-order valence-electron chi connectivity index (χ0n) is 10.5. The van der Waals surface area contributed by atoms with Crippen LogP contribution in [-0.4, -0.2) is 10.4 Å². The van der Waals surface area contributed by atoms with Crippen LogP contribution in [0, 0.1) is 5.92 Å². The van der Waals surface area contributed by atoms with E-state index < -0.39 is 0 Å². The molecule has 0 aromatic rings. The van der Waals surface area contributed by atoms with Crippen LogP contribution in [0.3, 0.4) is 0 Å². The third kappa shape index (κ3) is 6.26. The molecule has 3 heteroatoms. The monoisotopic (exact) mass is 334 g/mol. The molecule has 1 saturated carbocycles. The average molecular weight is 334 g/mol. The Hall–Kier alpha value is 0.465. The first kappa shape index (κ1) is 14.5. The van der Waals surface area contributed by atoms with E-state index in [0.717, 1.165) is 23.2 Å². The molecule has 0 atom stereocenters. The molecule has 0 saturated heterocycles. The van der Waals surface area contributed by atoms with Gasteiger partial charge in [-0.25, -0.2) is 0 Å². The maximum Gasteiger partial charge on any atom is 0.218 e. The van der Waals surface area contributed by atoms with Gasteiger partial charge in [0.2, 0.25) is 4.57 Å². The minimum atomic E-state index is 0.428. The third-order valence-electron chi connectivity index (χ3n) is 3.74. The van der Waals surface area contributed by atoms with Gasteiger partial charge in [0.25, 0.3) is 0 Å². The second-order valence-corrected chi connectivity index (χ2v) is 6.87. The fraction of sp³-hybridized carbons (Fsp3) is 0.923. The molecule has 1 rings (SSSR count). The molecule has 0 heterocycles. The van der Waals surface area contributed by atoms with E-state index in [1.54, 1.807) is 0 Å². The standard InChI is InChI=1S/C13H24BIO/c1-2-13(16)9-11-14(15)10-5-8-12-6-3-4-7-12/h12H,2-11H2,1H3. The topological polar surface area (TPSA) is 17.1 Å². The molecule has 0 radical (unpaired) electrons. The van der Waals surface area contributed by atoms with Gasteiger partial charge in [0.1, 0.15) is 5.78 Å². The Labute approximate surface area is 114 Å². The van der Waals surface area contributed by atoms with Crippen molar-refractivity contribution in [3.8, 4) is 0 Å².